The Bertz CT molecular complexity index is 1900. The van der Waals surface area contributed by atoms with E-state index in [1.54, 1.807) is 31.4 Å². The van der Waals surface area contributed by atoms with E-state index in [4.69, 9.17) is 42.1 Å². The first kappa shape index (κ1) is 42.3. The molecule has 0 radical (unpaired) electrons. The van der Waals surface area contributed by atoms with Gasteiger partial charge in [-0.1, -0.05) is 41.4 Å². The Labute approximate surface area is 317 Å². The molecule has 0 N–H and O–H groups in total. The van der Waals surface area contributed by atoms with E-state index in [0.29, 0.717) is 22.9 Å². The van der Waals surface area contributed by atoms with Crippen molar-refractivity contribution in [1.29, 1.82) is 0 Å². The molecule has 0 fully saturated rings. The van der Waals surface area contributed by atoms with Crippen molar-refractivity contribution in [2.75, 3.05) is 25.2 Å². The second-order valence-corrected chi connectivity index (χ2v) is 15.2. The van der Waals surface area contributed by atoms with E-state index >= 15 is 0 Å². The molecule has 0 aliphatic rings. The largest absolute Gasteiger partial charge is 0.488 e. The summed E-state index contributed by atoms with van der Waals surface area (Å²) >= 11 is 13.4. The number of rotatable bonds is 15. The summed E-state index contributed by atoms with van der Waals surface area (Å²) in [6, 6.07) is 13.2. The number of esters is 1. The predicted octanol–water partition coefficient (Wildman–Crippen LogP) is 10.9. The van der Waals surface area contributed by atoms with Crippen molar-refractivity contribution in [2.24, 2.45) is 7.05 Å². The summed E-state index contributed by atoms with van der Waals surface area (Å²) in [5.74, 6) is -0.388. The van der Waals surface area contributed by atoms with Crippen LogP contribution < -0.4 is 9.47 Å². The predicted molar refractivity (Wildman–Crippen MR) is 194 cm³/mol. The van der Waals surface area contributed by atoms with Crippen molar-refractivity contribution in [2.45, 2.75) is 64.3 Å². The van der Waals surface area contributed by atoms with Gasteiger partial charge in [-0.3, -0.25) is 9.48 Å². The first-order valence-electron chi connectivity index (χ1n) is 16.1. The molecule has 0 aliphatic carbocycles. The highest BCUT2D eigenvalue weighted by Crippen LogP contribution is 2.48. The molecular weight excluding hydrogens is 769 g/mol. The molecule has 0 spiro atoms. The van der Waals surface area contributed by atoms with Gasteiger partial charge in [0.05, 0.1) is 46.1 Å². The lowest BCUT2D eigenvalue weighted by atomic mass is 9.96. The third-order valence-electron chi connectivity index (χ3n) is 7.91. The van der Waals surface area contributed by atoms with E-state index in [0.717, 1.165) is 22.9 Å². The molecule has 1 aromatic heterocycles. The van der Waals surface area contributed by atoms with Gasteiger partial charge in [-0.15, -0.1) is 0 Å². The quantitative estimate of drug-likeness (QED) is 0.0513. The summed E-state index contributed by atoms with van der Waals surface area (Å²) in [7, 11) is 2.85. The molecular formula is C37H38Cl2F6N2O5S. The molecule has 4 rings (SSSR count). The zero-order valence-electron chi connectivity index (χ0n) is 29.7. The fraction of sp³-hybridized carbons (Fsp3) is 0.405. The van der Waals surface area contributed by atoms with Gasteiger partial charge < -0.3 is 18.9 Å². The molecule has 0 aliphatic heterocycles. The summed E-state index contributed by atoms with van der Waals surface area (Å²) in [5.41, 5.74) is -3.27. The summed E-state index contributed by atoms with van der Waals surface area (Å²) in [6.45, 7) is 7.79. The molecule has 53 heavy (non-hydrogen) atoms. The smallest absolute Gasteiger partial charge is 0.435 e. The van der Waals surface area contributed by atoms with E-state index in [1.165, 1.54) is 37.0 Å². The van der Waals surface area contributed by atoms with Gasteiger partial charge in [0.15, 0.2) is 11.4 Å². The standard InChI is InChI=1S/C37H38Cl2F6N2O5S/c1-34(2,49-6)20-51-35(3,4)21-53-16-15-31(48)52-33-25(28-18-30(37(43,44)45)46-47(28)5)12-14-29(50-19-22-7-10-24(38)11-8-22)32(33)23-9-13-27(39)26(17-23)36(40,41)42/h7-14,17-18H,15-16,19-21H2,1-6H3. The Morgan fingerprint density at radius 2 is 1.57 bits per heavy atom. The summed E-state index contributed by atoms with van der Waals surface area (Å²) in [4.78, 5) is 13.5. The number of hydrogen-bond donors (Lipinski definition) is 0. The number of aryl methyl sites for hydroxylation is 1. The van der Waals surface area contributed by atoms with Crippen LogP contribution in [0.2, 0.25) is 10.0 Å². The summed E-state index contributed by atoms with van der Waals surface area (Å²) in [5, 5.41) is 3.46. The van der Waals surface area contributed by atoms with E-state index in [2.05, 4.69) is 5.10 Å². The Balaban J connectivity index is 1.78. The van der Waals surface area contributed by atoms with E-state index in [9.17, 15) is 31.1 Å². The molecule has 0 unspecified atom stereocenters. The second kappa shape index (κ2) is 16.9. The lowest BCUT2D eigenvalue weighted by Crippen LogP contribution is -2.37. The minimum Gasteiger partial charge on any atom is -0.488 e. The SMILES string of the molecule is COC(C)(C)COC(C)(C)CSCCC(=O)Oc1c(-c2cc(C(F)(F)F)nn2C)ccc(OCc2ccc(Cl)cc2)c1-c1ccc(Cl)c(C(F)(F)F)c1. The topological polar surface area (TPSA) is 71.8 Å². The molecule has 0 atom stereocenters. The van der Waals surface area contributed by atoms with Crippen molar-refractivity contribution < 1.29 is 50.1 Å². The van der Waals surface area contributed by atoms with Crippen molar-refractivity contribution in [3.63, 3.8) is 0 Å². The van der Waals surface area contributed by atoms with Crippen LogP contribution in [0.5, 0.6) is 11.5 Å². The molecule has 0 saturated heterocycles. The minimum atomic E-state index is -4.87. The monoisotopic (exact) mass is 806 g/mol. The number of methoxy groups -OCH3 is 1. The van der Waals surface area contributed by atoms with Gasteiger partial charge in [0, 0.05) is 36.2 Å². The number of hydrogen-bond acceptors (Lipinski definition) is 7. The van der Waals surface area contributed by atoms with Crippen LogP contribution in [0, 0.1) is 0 Å². The number of halogens is 8. The van der Waals surface area contributed by atoms with Crippen LogP contribution >= 0.6 is 35.0 Å². The van der Waals surface area contributed by atoms with Gasteiger partial charge in [0.2, 0.25) is 0 Å². The molecule has 0 bridgehead atoms. The zero-order chi connectivity index (χ0) is 39.4. The molecule has 1 heterocycles. The van der Waals surface area contributed by atoms with Crippen molar-refractivity contribution in [3.05, 3.63) is 87.5 Å². The molecule has 288 valence electrons. The van der Waals surface area contributed by atoms with Crippen molar-refractivity contribution in [3.8, 4) is 33.9 Å². The highest BCUT2D eigenvalue weighted by Gasteiger charge is 2.37. The Hall–Kier alpha value is -3.43. The number of carbonyl (C=O) groups is 1. The average Bonchev–Trinajstić information content (AvgIpc) is 3.47. The van der Waals surface area contributed by atoms with Crippen LogP contribution in [-0.2, 0) is 40.3 Å². The van der Waals surface area contributed by atoms with E-state index in [-0.39, 0.29) is 52.7 Å². The molecule has 7 nitrogen and oxygen atoms in total. The lowest BCUT2D eigenvalue weighted by molar-refractivity contribution is -0.141. The Kier molecular flexibility index (Phi) is 13.5. The summed E-state index contributed by atoms with van der Waals surface area (Å²) < 4.78 is 108. The molecule has 0 amide bonds. The van der Waals surface area contributed by atoms with Crippen LogP contribution in [0.15, 0.2) is 60.7 Å². The third-order valence-corrected chi connectivity index (χ3v) is 9.89. The van der Waals surface area contributed by atoms with Crippen LogP contribution in [0.25, 0.3) is 22.4 Å². The number of benzene rings is 3. The fourth-order valence-corrected chi connectivity index (χ4v) is 6.25. The Morgan fingerprint density at radius 1 is 0.887 bits per heavy atom. The van der Waals surface area contributed by atoms with Crippen LogP contribution in [0.4, 0.5) is 26.3 Å². The maximum atomic E-state index is 14.1. The maximum absolute atomic E-state index is 14.1. The number of carbonyl (C=O) groups excluding carboxylic acids is 1. The van der Waals surface area contributed by atoms with E-state index in [1.807, 2.05) is 27.7 Å². The average molecular weight is 808 g/mol. The highest BCUT2D eigenvalue weighted by molar-refractivity contribution is 7.99. The number of nitrogens with zero attached hydrogens (tertiary/aromatic N) is 2. The van der Waals surface area contributed by atoms with Gasteiger partial charge in [-0.05, 0) is 81.3 Å². The van der Waals surface area contributed by atoms with Gasteiger partial charge in [-0.2, -0.15) is 43.2 Å². The number of thioether (sulfide) groups is 1. The van der Waals surface area contributed by atoms with Crippen LogP contribution in [0.1, 0.15) is 50.9 Å². The molecule has 0 saturated carbocycles. The maximum Gasteiger partial charge on any atom is 0.435 e. The van der Waals surface area contributed by atoms with Crippen molar-refractivity contribution >= 4 is 40.9 Å². The molecule has 16 heteroatoms. The third kappa shape index (κ3) is 11.5. The minimum absolute atomic E-state index is 0.0209. The normalized spacial score (nSPS) is 12.6. The van der Waals surface area contributed by atoms with Gasteiger partial charge in [-0.25, -0.2) is 0 Å². The Morgan fingerprint density at radius 3 is 2.17 bits per heavy atom. The first-order chi connectivity index (χ1) is 24.6. The number of aromatic nitrogens is 2. The van der Waals surface area contributed by atoms with E-state index < -0.39 is 45.8 Å². The van der Waals surface area contributed by atoms with Gasteiger partial charge in [0.1, 0.15) is 12.4 Å². The van der Waals surface area contributed by atoms with Crippen molar-refractivity contribution in [1.82, 2.24) is 9.78 Å². The number of ether oxygens (including phenoxy) is 4. The zero-order valence-corrected chi connectivity index (χ0v) is 32.0. The highest BCUT2D eigenvalue weighted by atomic mass is 35.5. The first-order valence-corrected chi connectivity index (χ1v) is 18.0. The van der Waals surface area contributed by atoms with Crippen LogP contribution in [-0.4, -0.2) is 52.2 Å². The summed E-state index contributed by atoms with van der Waals surface area (Å²) in [6.07, 6.45) is -9.85. The van der Waals surface area contributed by atoms with Gasteiger partial charge >= 0.3 is 18.3 Å². The molecule has 3 aromatic carbocycles. The fourth-order valence-electron chi connectivity index (χ4n) is 4.87. The van der Waals surface area contributed by atoms with Crippen LogP contribution in [0.3, 0.4) is 0 Å². The lowest BCUT2D eigenvalue weighted by Gasteiger charge is -2.31. The number of alkyl halides is 6. The molecule has 4 aromatic rings. The van der Waals surface area contributed by atoms with Gasteiger partial charge in [0.25, 0.3) is 0 Å². The second-order valence-electron chi connectivity index (χ2n) is 13.2.